The Morgan fingerprint density at radius 1 is 1.39 bits per heavy atom. The van der Waals surface area contributed by atoms with Gasteiger partial charge >= 0.3 is 0 Å². The van der Waals surface area contributed by atoms with Crippen LogP contribution in [0.25, 0.3) is 5.95 Å². The van der Waals surface area contributed by atoms with Crippen LogP contribution < -0.4 is 11.2 Å². The lowest BCUT2D eigenvalue weighted by atomic mass is 10.1. The molecule has 0 fully saturated rings. The Kier molecular flexibility index (Phi) is 5.64. The largest absolute Gasteiger partial charge is 0.355 e. The molecule has 2 aromatic heterocycles. The average molecular weight is 337 g/mol. The summed E-state index contributed by atoms with van der Waals surface area (Å²) in [5.41, 5.74) is 1.80. The number of hydrogen-bond acceptors (Lipinski definition) is 6. The average Bonchev–Trinajstić information content (AvgIpc) is 2.98. The van der Waals surface area contributed by atoms with E-state index in [1.54, 1.807) is 4.68 Å². The van der Waals surface area contributed by atoms with Gasteiger partial charge < -0.3 is 11.2 Å². The molecule has 9 heteroatoms. The van der Waals surface area contributed by atoms with Crippen molar-refractivity contribution in [2.75, 3.05) is 18.1 Å². The van der Waals surface area contributed by atoms with Gasteiger partial charge in [-0.3, -0.25) is 4.79 Å². The predicted octanol–water partition coefficient (Wildman–Crippen LogP) is 1.05. The number of aromatic nitrogens is 5. The second-order valence-corrected chi connectivity index (χ2v) is 6.76. The van der Waals surface area contributed by atoms with E-state index in [0.717, 1.165) is 17.8 Å². The highest BCUT2D eigenvalue weighted by Gasteiger charge is 2.15. The second-order valence-electron chi connectivity index (χ2n) is 5.81. The molecule has 0 unspecified atom stereocenters. The molecule has 0 radical (unpaired) electrons. The van der Waals surface area contributed by atoms with Crippen LogP contribution in [0.15, 0.2) is 11.2 Å². The molecule has 2 aromatic rings. The normalized spacial score (nSPS) is 11.2. The van der Waals surface area contributed by atoms with E-state index in [4.69, 9.17) is 5.84 Å². The molecule has 1 amide bonds. The third-order valence-electron chi connectivity index (χ3n) is 3.22. The number of nitrogens with zero attached hydrogens (tertiary/aromatic N) is 5. The first-order valence-corrected chi connectivity index (χ1v) is 8.50. The van der Waals surface area contributed by atoms with Crippen molar-refractivity contribution in [3.8, 4) is 5.95 Å². The smallest absolute Gasteiger partial charge is 0.271 e. The van der Waals surface area contributed by atoms with Crippen molar-refractivity contribution in [1.82, 2.24) is 30.0 Å². The Balaban J connectivity index is 1.95. The minimum Gasteiger partial charge on any atom is -0.355 e. The van der Waals surface area contributed by atoms with Gasteiger partial charge in [0.15, 0.2) is 0 Å². The number of hydrogen-bond donors (Lipinski definition) is 2. The number of nitrogens with two attached hydrogens (primary N) is 1. The molecule has 0 aliphatic heterocycles. The van der Waals surface area contributed by atoms with Crippen LogP contribution in [0.1, 0.15) is 31.7 Å². The topological polar surface area (TPSA) is 104 Å². The summed E-state index contributed by atoms with van der Waals surface area (Å²) in [4.78, 5) is 11.8. The number of aryl methyl sites for hydroxylation is 2. The van der Waals surface area contributed by atoms with Crippen molar-refractivity contribution in [2.45, 2.75) is 39.3 Å². The molecule has 0 spiro atoms. The van der Waals surface area contributed by atoms with Gasteiger partial charge in [0.25, 0.3) is 5.95 Å². The number of nitrogen functional groups attached to an aromatic ring is 1. The Morgan fingerprint density at radius 3 is 2.74 bits per heavy atom. The lowest BCUT2D eigenvalue weighted by molar-refractivity contribution is -0.118. The van der Waals surface area contributed by atoms with Crippen LogP contribution in [0, 0.1) is 19.8 Å². The van der Waals surface area contributed by atoms with Crippen molar-refractivity contribution in [1.29, 1.82) is 0 Å². The van der Waals surface area contributed by atoms with Crippen LogP contribution >= 0.6 is 11.8 Å². The van der Waals surface area contributed by atoms with Crippen LogP contribution in [0.3, 0.4) is 0 Å². The van der Waals surface area contributed by atoms with Crippen LogP contribution in [0.2, 0.25) is 0 Å². The van der Waals surface area contributed by atoms with Crippen LogP contribution in [0.5, 0.6) is 0 Å². The molecular formula is C14H23N7OS. The number of amides is 1. The highest BCUT2D eigenvalue weighted by Crippen LogP contribution is 2.17. The Hall–Kier alpha value is -2.03. The standard InChI is InChI=1S/C14H23N7OS/c1-9(2)5-6-16-12(22)8-23-14-18-17-13(20(14)15)21-11(4)7-10(3)19-21/h7,9H,5-6,8,15H2,1-4H3,(H,16,22). The molecule has 23 heavy (non-hydrogen) atoms. The molecule has 2 heterocycles. The van der Waals surface area contributed by atoms with E-state index in [9.17, 15) is 4.79 Å². The number of carbonyl (C=O) groups excluding carboxylic acids is 1. The van der Waals surface area contributed by atoms with Crippen LogP contribution in [-0.2, 0) is 4.79 Å². The first-order valence-electron chi connectivity index (χ1n) is 7.52. The summed E-state index contributed by atoms with van der Waals surface area (Å²) in [5, 5.41) is 15.8. The molecule has 0 bridgehead atoms. The quantitative estimate of drug-likeness (QED) is 0.578. The molecule has 2 rings (SSSR count). The number of thioether (sulfide) groups is 1. The molecule has 0 saturated carbocycles. The summed E-state index contributed by atoms with van der Waals surface area (Å²) in [6.07, 6.45) is 0.964. The fourth-order valence-electron chi connectivity index (χ4n) is 2.02. The third-order valence-corrected chi connectivity index (χ3v) is 4.16. The van der Waals surface area contributed by atoms with Gasteiger partial charge in [0, 0.05) is 12.2 Å². The molecule has 0 aromatic carbocycles. The molecule has 3 N–H and O–H groups in total. The van der Waals surface area contributed by atoms with Gasteiger partial charge in [-0.1, -0.05) is 25.6 Å². The monoisotopic (exact) mass is 337 g/mol. The molecule has 0 aliphatic rings. The van der Waals surface area contributed by atoms with E-state index < -0.39 is 0 Å². The Bertz CT molecular complexity index is 677. The highest BCUT2D eigenvalue weighted by molar-refractivity contribution is 7.99. The molecule has 0 atom stereocenters. The van der Waals surface area contributed by atoms with Gasteiger partial charge in [-0.05, 0) is 32.3 Å². The van der Waals surface area contributed by atoms with Gasteiger partial charge in [0.1, 0.15) is 0 Å². The zero-order chi connectivity index (χ0) is 17.0. The predicted molar refractivity (Wildman–Crippen MR) is 90.0 cm³/mol. The maximum atomic E-state index is 11.8. The fraction of sp³-hybridized carbons (Fsp3) is 0.571. The zero-order valence-corrected chi connectivity index (χ0v) is 14.7. The van der Waals surface area contributed by atoms with E-state index >= 15 is 0 Å². The summed E-state index contributed by atoms with van der Waals surface area (Å²) in [5.74, 6) is 7.23. The van der Waals surface area contributed by atoms with Gasteiger partial charge in [-0.25, -0.2) is 9.36 Å². The lowest BCUT2D eigenvalue weighted by Gasteiger charge is -2.07. The van der Waals surface area contributed by atoms with E-state index in [2.05, 4.69) is 34.5 Å². The Morgan fingerprint density at radius 2 is 2.13 bits per heavy atom. The maximum absolute atomic E-state index is 11.8. The fourth-order valence-corrected chi connectivity index (χ4v) is 2.71. The molecule has 0 saturated heterocycles. The third kappa shape index (κ3) is 4.47. The van der Waals surface area contributed by atoms with Crippen molar-refractivity contribution >= 4 is 17.7 Å². The van der Waals surface area contributed by atoms with E-state index in [0.29, 0.717) is 23.6 Å². The number of carbonyl (C=O) groups is 1. The number of nitrogens with one attached hydrogen (secondary N) is 1. The second kappa shape index (κ2) is 7.49. The lowest BCUT2D eigenvalue weighted by Crippen LogP contribution is -2.27. The minimum atomic E-state index is -0.0358. The van der Waals surface area contributed by atoms with Crippen LogP contribution in [0.4, 0.5) is 0 Å². The van der Waals surface area contributed by atoms with Crippen molar-refractivity contribution in [3.05, 3.63) is 17.5 Å². The van der Waals surface area contributed by atoms with Gasteiger partial charge in [-0.2, -0.15) is 5.10 Å². The molecular weight excluding hydrogens is 314 g/mol. The highest BCUT2D eigenvalue weighted by atomic mass is 32.2. The first-order chi connectivity index (χ1) is 10.9. The number of rotatable bonds is 7. The van der Waals surface area contributed by atoms with Gasteiger partial charge in [-0.15, -0.1) is 10.2 Å². The molecule has 126 valence electrons. The van der Waals surface area contributed by atoms with Crippen molar-refractivity contribution in [3.63, 3.8) is 0 Å². The van der Waals surface area contributed by atoms with Gasteiger partial charge in [0.2, 0.25) is 11.1 Å². The van der Waals surface area contributed by atoms with Crippen LogP contribution in [-0.4, -0.2) is 42.9 Å². The van der Waals surface area contributed by atoms with E-state index in [1.165, 1.54) is 16.4 Å². The summed E-state index contributed by atoms with van der Waals surface area (Å²) in [6.45, 7) is 8.75. The van der Waals surface area contributed by atoms with Crippen molar-refractivity contribution in [2.24, 2.45) is 5.92 Å². The maximum Gasteiger partial charge on any atom is 0.271 e. The first kappa shape index (κ1) is 17.3. The zero-order valence-electron chi connectivity index (χ0n) is 13.9. The van der Waals surface area contributed by atoms with Crippen molar-refractivity contribution < 1.29 is 4.79 Å². The van der Waals surface area contributed by atoms with E-state index in [-0.39, 0.29) is 11.7 Å². The molecule has 0 aliphatic carbocycles. The summed E-state index contributed by atoms with van der Waals surface area (Å²) < 4.78 is 2.99. The summed E-state index contributed by atoms with van der Waals surface area (Å²) >= 11 is 1.25. The summed E-state index contributed by atoms with van der Waals surface area (Å²) in [6, 6.07) is 1.93. The summed E-state index contributed by atoms with van der Waals surface area (Å²) in [7, 11) is 0. The molecule has 8 nitrogen and oxygen atoms in total. The SMILES string of the molecule is Cc1cc(C)n(-c2nnc(SCC(=O)NCCC(C)C)n2N)n1. The van der Waals surface area contributed by atoms with E-state index in [1.807, 2.05) is 19.9 Å². The Labute approximate surface area is 139 Å². The van der Waals surface area contributed by atoms with Gasteiger partial charge in [0.05, 0.1) is 11.4 Å². The minimum absolute atomic E-state index is 0.0358.